The maximum Gasteiger partial charge on any atom is 0.443 e. The molecule has 0 fully saturated rings. The monoisotopic (exact) mass is 349 g/mol. The van der Waals surface area contributed by atoms with Crippen LogP contribution in [-0.2, 0) is 20.0 Å². The SMILES string of the molecule is CCOC(=O)C1=CNc2c(C(=O)OCC)cnn2C1(O)C(F)(F)F. The Balaban J connectivity index is 2.58. The Morgan fingerprint density at radius 3 is 2.42 bits per heavy atom. The van der Waals surface area contributed by atoms with Crippen LogP contribution in [0.4, 0.5) is 19.0 Å². The second-order valence-electron chi connectivity index (χ2n) is 4.63. The topological polar surface area (TPSA) is 103 Å². The average molecular weight is 349 g/mol. The third kappa shape index (κ3) is 2.60. The number of aromatic nitrogens is 2. The number of rotatable bonds is 4. The van der Waals surface area contributed by atoms with E-state index in [1.807, 2.05) is 0 Å². The highest BCUT2D eigenvalue weighted by Crippen LogP contribution is 2.44. The third-order valence-corrected chi connectivity index (χ3v) is 3.19. The summed E-state index contributed by atoms with van der Waals surface area (Å²) >= 11 is 0. The van der Waals surface area contributed by atoms with Gasteiger partial charge in [-0.05, 0) is 13.8 Å². The molecule has 2 rings (SSSR count). The van der Waals surface area contributed by atoms with E-state index in [0.29, 0.717) is 6.20 Å². The quantitative estimate of drug-likeness (QED) is 0.786. The molecule has 0 amide bonds. The maximum atomic E-state index is 13.5. The number of carbonyl (C=O) groups excluding carboxylic acids is 2. The fourth-order valence-corrected chi connectivity index (χ4v) is 2.13. The van der Waals surface area contributed by atoms with Gasteiger partial charge in [0, 0.05) is 6.20 Å². The number of halogens is 3. The number of nitrogens with one attached hydrogen (secondary N) is 1. The Bertz CT molecular complexity index is 698. The second-order valence-corrected chi connectivity index (χ2v) is 4.63. The summed E-state index contributed by atoms with van der Waals surface area (Å²) in [4.78, 5) is 23.6. The van der Waals surface area contributed by atoms with Crippen molar-refractivity contribution in [1.82, 2.24) is 9.78 Å². The van der Waals surface area contributed by atoms with Crippen LogP contribution in [0.5, 0.6) is 0 Å². The molecule has 2 heterocycles. The Morgan fingerprint density at radius 1 is 1.29 bits per heavy atom. The first kappa shape index (κ1) is 17.8. The van der Waals surface area contributed by atoms with Crippen molar-refractivity contribution in [3.63, 3.8) is 0 Å². The number of carbonyl (C=O) groups is 2. The first-order chi connectivity index (χ1) is 11.2. The van der Waals surface area contributed by atoms with E-state index in [1.165, 1.54) is 13.8 Å². The van der Waals surface area contributed by atoms with Gasteiger partial charge in [0.05, 0.1) is 19.4 Å². The molecule has 1 atom stereocenters. The molecule has 0 saturated heterocycles. The first-order valence-electron chi connectivity index (χ1n) is 6.87. The van der Waals surface area contributed by atoms with Crippen LogP contribution in [-0.4, -0.2) is 46.2 Å². The van der Waals surface area contributed by atoms with Gasteiger partial charge in [0.2, 0.25) is 0 Å². The van der Waals surface area contributed by atoms with E-state index >= 15 is 0 Å². The summed E-state index contributed by atoms with van der Waals surface area (Å²) in [5.41, 5.74) is -5.22. The number of fused-ring (bicyclic) bond motifs is 1. The van der Waals surface area contributed by atoms with Crippen LogP contribution in [0.3, 0.4) is 0 Å². The van der Waals surface area contributed by atoms with Crippen LogP contribution in [0.2, 0.25) is 0 Å². The third-order valence-electron chi connectivity index (χ3n) is 3.19. The average Bonchev–Trinajstić information content (AvgIpc) is 2.92. The number of esters is 2. The molecule has 11 heteroatoms. The Morgan fingerprint density at radius 2 is 1.88 bits per heavy atom. The number of anilines is 1. The summed E-state index contributed by atoms with van der Waals surface area (Å²) < 4.78 is 49.9. The molecular weight excluding hydrogens is 335 g/mol. The van der Waals surface area contributed by atoms with E-state index in [9.17, 15) is 27.9 Å². The van der Waals surface area contributed by atoms with Crippen molar-refractivity contribution in [2.45, 2.75) is 25.7 Å². The zero-order chi connectivity index (χ0) is 18.1. The summed E-state index contributed by atoms with van der Waals surface area (Å²) in [5.74, 6) is -2.76. The minimum absolute atomic E-state index is 0.00307. The standard InChI is InChI=1S/C13H14F3N3O5/c1-3-23-10(20)7-5-18-19-9(7)17-6-8(11(21)24-4-2)12(19,22)13(14,15)16/h5-6,17,22H,3-4H2,1-2H3. The molecule has 24 heavy (non-hydrogen) atoms. The molecule has 0 spiro atoms. The van der Waals surface area contributed by atoms with E-state index < -0.39 is 35.2 Å². The first-order valence-corrected chi connectivity index (χ1v) is 6.87. The number of ether oxygens (including phenoxy) is 2. The molecule has 0 aromatic carbocycles. The van der Waals surface area contributed by atoms with E-state index in [0.717, 1.165) is 6.20 Å². The summed E-state index contributed by atoms with van der Waals surface area (Å²) in [6, 6.07) is 0. The van der Waals surface area contributed by atoms with E-state index in [-0.39, 0.29) is 23.5 Å². The number of alkyl halides is 3. The summed E-state index contributed by atoms with van der Waals surface area (Å²) in [5, 5.41) is 16.0. The lowest BCUT2D eigenvalue weighted by molar-refractivity contribution is -0.285. The molecule has 0 bridgehead atoms. The predicted molar refractivity (Wildman–Crippen MR) is 72.8 cm³/mol. The smallest absolute Gasteiger partial charge is 0.443 e. The Hall–Kier alpha value is -2.56. The van der Waals surface area contributed by atoms with E-state index in [2.05, 4.69) is 15.2 Å². The molecule has 0 saturated carbocycles. The van der Waals surface area contributed by atoms with Gasteiger partial charge >= 0.3 is 18.1 Å². The van der Waals surface area contributed by atoms with Crippen molar-refractivity contribution in [2.75, 3.05) is 18.5 Å². The summed E-state index contributed by atoms with van der Waals surface area (Å²) in [7, 11) is 0. The number of hydrogen-bond acceptors (Lipinski definition) is 7. The van der Waals surface area contributed by atoms with E-state index in [4.69, 9.17) is 4.74 Å². The molecule has 132 valence electrons. The van der Waals surface area contributed by atoms with Gasteiger partial charge in [0.1, 0.15) is 17.0 Å². The molecule has 1 aliphatic heterocycles. The van der Waals surface area contributed by atoms with Gasteiger partial charge in [0.15, 0.2) is 0 Å². The van der Waals surface area contributed by atoms with Crippen molar-refractivity contribution in [2.24, 2.45) is 0 Å². The molecule has 8 nitrogen and oxygen atoms in total. The van der Waals surface area contributed by atoms with Gasteiger partial charge in [-0.25, -0.2) is 14.3 Å². The second kappa shape index (κ2) is 6.15. The molecule has 1 aromatic heterocycles. The van der Waals surface area contributed by atoms with Crippen molar-refractivity contribution < 1.29 is 37.3 Å². The van der Waals surface area contributed by atoms with Crippen molar-refractivity contribution >= 4 is 17.8 Å². The highest BCUT2D eigenvalue weighted by Gasteiger charge is 2.63. The van der Waals surface area contributed by atoms with Gasteiger partial charge < -0.3 is 19.9 Å². The van der Waals surface area contributed by atoms with Crippen molar-refractivity contribution in [1.29, 1.82) is 0 Å². The van der Waals surface area contributed by atoms with E-state index in [1.54, 1.807) is 0 Å². The minimum Gasteiger partial charge on any atom is -0.462 e. The number of hydrogen-bond donors (Lipinski definition) is 2. The fraction of sp³-hybridized carbons (Fsp3) is 0.462. The fourth-order valence-electron chi connectivity index (χ4n) is 2.13. The summed E-state index contributed by atoms with van der Waals surface area (Å²) in [6.45, 7) is 2.73. The zero-order valence-corrected chi connectivity index (χ0v) is 12.7. The van der Waals surface area contributed by atoms with Gasteiger partial charge in [-0.2, -0.15) is 18.3 Å². The molecule has 1 unspecified atom stereocenters. The highest BCUT2D eigenvalue weighted by molar-refractivity contribution is 5.97. The number of aliphatic hydroxyl groups is 1. The molecule has 1 aromatic rings. The van der Waals surface area contributed by atoms with Crippen LogP contribution < -0.4 is 5.32 Å². The highest BCUT2D eigenvalue weighted by atomic mass is 19.4. The van der Waals surface area contributed by atoms with Crippen LogP contribution >= 0.6 is 0 Å². The number of nitrogens with zero attached hydrogens (tertiary/aromatic N) is 2. The van der Waals surface area contributed by atoms with Crippen molar-refractivity contribution in [3.05, 3.63) is 23.5 Å². The molecule has 2 N–H and O–H groups in total. The summed E-state index contributed by atoms with van der Waals surface area (Å²) in [6.07, 6.45) is -3.87. The maximum absolute atomic E-state index is 13.5. The van der Waals surface area contributed by atoms with Crippen LogP contribution in [0, 0.1) is 0 Å². The predicted octanol–water partition coefficient (Wildman–Crippen LogP) is 1.14. The van der Waals surface area contributed by atoms with Gasteiger partial charge in [-0.3, -0.25) is 0 Å². The molecular formula is C13H14F3N3O5. The normalized spacial score (nSPS) is 19.8. The van der Waals surface area contributed by atoms with Gasteiger partial charge in [0.25, 0.3) is 5.72 Å². The van der Waals surface area contributed by atoms with Crippen LogP contribution in [0.15, 0.2) is 18.0 Å². The Kier molecular flexibility index (Phi) is 4.56. The van der Waals surface area contributed by atoms with Crippen LogP contribution in [0.1, 0.15) is 24.2 Å². The van der Waals surface area contributed by atoms with Gasteiger partial charge in [-0.1, -0.05) is 0 Å². The molecule has 1 aliphatic rings. The molecule has 0 radical (unpaired) electrons. The largest absolute Gasteiger partial charge is 0.462 e. The van der Waals surface area contributed by atoms with Crippen molar-refractivity contribution in [3.8, 4) is 0 Å². The molecule has 0 aliphatic carbocycles. The van der Waals surface area contributed by atoms with Gasteiger partial charge in [-0.15, -0.1) is 0 Å². The zero-order valence-electron chi connectivity index (χ0n) is 12.7. The lowest BCUT2D eigenvalue weighted by atomic mass is 10.0. The minimum atomic E-state index is -5.31. The van der Waals surface area contributed by atoms with Crippen LogP contribution in [0.25, 0.3) is 0 Å². The lowest BCUT2D eigenvalue weighted by Crippen LogP contribution is -2.54. The Labute approximate surface area is 133 Å². The lowest BCUT2D eigenvalue weighted by Gasteiger charge is -2.35.